The Kier molecular flexibility index (Phi) is 7.91. The number of amides is 1. The van der Waals surface area contributed by atoms with Gasteiger partial charge in [-0.1, -0.05) is 18.2 Å². The molecule has 3 heterocycles. The first-order valence-corrected chi connectivity index (χ1v) is 12.8. The van der Waals surface area contributed by atoms with Crippen molar-refractivity contribution in [1.82, 2.24) is 29.8 Å². The lowest BCUT2D eigenvalue weighted by Gasteiger charge is -2.25. The second kappa shape index (κ2) is 11.7. The molecule has 206 valence electrons. The van der Waals surface area contributed by atoms with Crippen molar-refractivity contribution in [3.8, 4) is 17.5 Å². The number of hydrogen-bond donors (Lipinski definition) is 1. The molecule has 0 radical (unpaired) electrons. The Hall–Kier alpha value is -4.53. The van der Waals surface area contributed by atoms with E-state index in [2.05, 4.69) is 45.7 Å². The molecule has 10 nitrogen and oxygen atoms in total. The summed E-state index contributed by atoms with van der Waals surface area (Å²) in [6.45, 7) is 2.46. The van der Waals surface area contributed by atoms with Crippen LogP contribution in [-0.2, 0) is 37.4 Å². The van der Waals surface area contributed by atoms with Gasteiger partial charge in [0.15, 0.2) is 17.3 Å². The highest BCUT2D eigenvalue weighted by Gasteiger charge is 2.21. The maximum Gasteiger partial charge on any atom is 0.255 e. The largest absolute Gasteiger partial charge is 0.494 e. The Morgan fingerprint density at radius 2 is 2.02 bits per heavy atom. The third kappa shape index (κ3) is 5.59. The number of likely N-dealkylation sites (N-methyl/N-ethyl adjacent to an activating group) is 1. The average molecular weight is 544 g/mol. The van der Waals surface area contributed by atoms with Gasteiger partial charge in [0, 0.05) is 44.7 Å². The number of nitriles is 1. The summed E-state index contributed by atoms with van der Waals surface area (Å²) in [5, 5.41) is 20.7. The molecule has 0 saturated carbocycles. The number of rotatable bonds is 9. The molecule has 0 aliphatic carbocycles. The summed E-state index contributed by atoms with van der Waals surface area (Å²) in [5.41, 5.74) is 5.32. The summed E-state index contributed by atoms with van der Waals surface area (Å²) in [6, 6.07) is 13.1. The fourth-order valence-electron chi connectivity index (χ4n) is 4.92. The van der Waals surface area contributed by atoms with Crippen LogP contribution in [0.3, 0.4) is 0 Å². The third-order valence-corrected chi connectivity index (χ3v) is 6.96. The normalized spacial score (nSPS) is 13.1. The number of halogens is 1. The first-order valence-electron chi connectivity index (χ1n) is 12.8. The van der Waals surface area contributed by atoms with Gasteiger partial charge in [-0.2, -0.15) is 15.5 Å². The molecule has 0 unspecified atom stereocenters. The van der Waals surface area contributed by atoms with Gasteiger partial charge in [0.2, 0.25) is 0 Å². The standard InChI is InChI=1S/C29H30FN7O3/c1-35-10-8-20-5-4-19(12-21(20)16-35)15-36-17-24(25(34-36)18-39-2)29(38)32-14-23-26(6-7-27(40-3)28(23)30)37-11-9-22(13-31)33-37/h4-7,9,11-12,17H,8,10,14-16,18H2,1-3H3,(H,32,38). The van der Waals surface area contributed by atoms with Crippen LogP contribution in [0.4, 0.5) is 4.39 Å². The van der Waals surface area contributed by atoms with Gasteiger partial charge in [0.25, 0.3) is 5.91 Å². The molecule has 4 aromatic rings. The molecule has 0 bridgehead atoms. The summed E-state index contributed by atoms with van der Waals surface area (Å²) in [5.74, 6) is -1.01. The molecule has 1 amide bonds. The molecule has 0 atom stereocenters. The molecular weight excluding hydrogens is 513 g/mol. The summed E-state index contributed by atoms with van der Waals surface area (Å²) >= 11 is 0. The Labute approximate surface area is 231 Å². The molecule has 2 aromatic carbocycles. The second-order valence-corrected chi connectivity index (χ2v) is 9.73. The highest BCUT2D eigenvalue weighted by molar-refractivity contribution is 5.95. The highest BCUT2D eigenvalue weighted by atomic mass is 19.1. The molecule has 40 heavy (non-hydrogen) atoms. The number of hydrogen-bond acceptors (Lipinski definition) is 7. The monoisotopic (exact) mass is 543 g/mol. The van der Waals surface area contributed by atoms with Crippen LogP contribution in [-0.4, -0.2) is 58.2 Å². The first kappa shape index (κ1) is 27.1. The molecule has 1 aliphatic heterocycles. The van der Waals surface area contributed by atoms with Gasteiger partial charge in [-0.05, 0) is 48.4 Å². The summed E-state index contributed by atoms with van der Waals surface area (Å²) in [6.07, 6.45) is 4.28. The Morgan fingerprint density at radius 1 is 1.18 bits per heavy atom. The van der Waals surface area contributed by atoms with Gasteiger partial charge in [-0.15, -0.1) is 0 Å². The summed E-state index contributed by atoms with van der Waals surface area (Å²) < 4.78 is 28.9. The quantitative estimate of drug-likeness (QED) is 0.345. The number of methoxy groups -OCH3 is 2. The highest BCUT2D eigenvalue weighted by Crippen LogP contribution is 2.27. The van der Waals surface area contributed by atoms with Gasteiger partial charge >= 0.3 is 0 Å². The molecule has 5 rings (SSSR count). The topological polar surface area (TPSA) is 110 Å². The first-order chi connectivity index (χ1) is 19.4. The lowest BCUT2D eigenvalue weighted by Crippen LogP contribution is -2.26. The van der Waals surface area contributed by atoms with Gasteiger partial charge < -0.3 is 19.7 Å². The van der Waals surface area contributed by atoms with Crippen molar-refractivity contribution >= 4 is 5.91 Å². The van der Waals surface area contributed by atoms with E-state index in [1.807, 2.05) is 6.07 Å². The van der Waals surface area contributed by atoms with E-state index in [1.165, 1.54) is 42.2 Å². The molecule has 0 fully saturated rings. The van der Waals surface area contributed by atoms with Crippen LogP contribution in [0.15, 0.2) is 48.8 Å². The van der Waals surface area contributed by atoms with E-state index in [4.69, 9.17) is 14.7 Å². The van der Waals surface area contributed by atoms with Gasteiger partial charge in [0.1, 0.15) is 11.8 Å². The van der Waals surface area contributed by atoms with Crippen molar-refractivity contribution in [3.63, 3.8) is 0 Å². The number of aromatic nitrogens is 4. The van der Waals surface area contributed by atoms with E-state index in [0.717, 1.165) is 25.1 Å². The van der Waals surface area contributed by atoms with Crippen LogP contribution < -0.4 is 10.1 Å². The molecule has 1 N–H and O–H groups in total. The zero-order valence-corrected chi connectivity index (χ0v) is 22.6. The SMILES string of the molecule is COCc1nn(Cc2ccc3c(c2)CN(C)CC3)cc1C(=O)NCc1c(-n2ccc(C#N)n2)ccc(OC)c1F. The van der Waals surface area contributed by atoms with E-state index < -0.39 is 11.7 Å². The predicted octanol–water partition coefficient (Wildman–Crippen LogP) is 3.20. The van der Waals surface area contributed by atoms with E-state index in [-0.39, 0.29) is 30.2 Å². The van der Waals surface area contributed by atoms with Crippen molar-refractivity contribution in [2.75, 3.05) is 27.8 Å². The molecular formula is C29H30FN7O3. The summed E-state index contributed by atoms with van der Waals surface area (Å²) in [7, 11) is 5.02. The third-order valence-electron chi connectivity index (χ3n) is 6.96. The van der Waals surface area contributed by atoms with Crippen molar-refractivity contribution in [1.29, 1.82) is 5.26 Å². The number of fused-ring (bicyclic) bond motifs is 1. The molecule has 1 aliphatic rings. The van der Waals surface area contributed by atoms with Crippen molar-refractivity contribution in [2.24, 2.45) is 0 Å². The Balaban J connectivity index is 1.37. The number of carbonyl (C=O) groups excluding carboxylic acids is 1. The van der Waals surface area contributed by atoms with E-state index >= 15 is 4.39 Å². The number of benzene rings is 2. The Morgan fingerprint density at radius 3 is 2.77 bits per heavy atom. The van der Waals surface area contributed by atoms with Gasteiger partial charge in [-0.3, -0.25) is 9.48 Å². The fourth-order valence-corrected chi connectivity index (χ4v) is 4.92. The van der Waals surface area contributed by atoms with Crippen LogP contribution in [0.1, 0.15) is 44.0 Å². The van der Waals surface area contributed by atoms with Crippen LogP contribution in [0.5, 0.6) is 5.75 Å². The second-order valence-electron chi connectivity index (χ2n) is 9.73. The molecule has 0 spiro atoms. The molecule has 11 heteroatoms. The predicted molar refractivity (Wildman–Crippen MR) is 144 cm³/mol. The maximum atomic E-state index is 15.3. The number of ether oxygens (including phenoxy) is 2. The van der Waals surface area contributed by atoms with Crippen molar-refractivity contribution < 1.29 is 18.7 Å². The summed E-state index contributed by atoms with van der Waals surface area (Å²) in [4.78, 5) is 15.6. The minimum Gasteiger partial charge on any atom is -0.494 e. The zero-order valence-electron chi connectivity index (χ0n) is 22.6. The smallest absolute Gasteiger partial charge is 0.255 e. The van der Waals surface area contributed by atoms with E-state index in [1.54, 1.807) is 23.1 Å². The molecule has 2 aromatic heterocycles. The van der Waals surface area contributed by atoms with Gasteiger partial charge in [0.05, 0.1) is 31.5 Å². The lowest BCUT2D eigenvalue weighted by atomic mass is 9.98. The minimum atomic E-state index is -0.625. The Bertz CT molecular complexity index is 1590. The lowest BCUT2D eigenvalue weighted by molar-refractivity contribution is 0.0945. The number of nitrogens with zero attached hydrogens (tertiary/aromatic N) is 6. The van der Waals surface area contributed by atoms with Crippen LogP contribution >= 0.6 is 0 Å². The van der Waals surface area contributed by atoms with Crippen LogP contribution in [0.25, 0.3) is 5.69 Å². The van der Waals surface area contributed by atoms with E-state index in [0.29, 0.717) is 23.5 Å². The van der Waals surface area contributed by atoms with E-state index in [9.17, 15) is 4.79 Å². The van der Waals surface area contributed by atoms with Crippen molar-refractivity contribution in [3.05, 3.63) is 93.8 Å². The van der Waals surface area contributed by atoms with Crippen LogP contribution in [0.2, 0.25) is 0 Å². The zero-order chi connectivity index (χ0) is 28.2. The van der Waals surface area contributed by atoms with Crippen molar-refractivity contribution in [2.45, 2.75) is 32.7 Å². The fraction of sp³-hybridized carbons (Fsp3) is 0.310. The number of nitrogens with one attached hydrogen (secondary N) is 1. The average Bonchev–Trinajstić information content (AvgIpc) is 3.59. The number of carbonyl (C=O) groups is 1. The maximum absolute atomic E-state index is 15.3. The van der Waals surface area contributed by atoms with Gasteiger partial charge in [-0.25, -0.2) is 9.07 Å². The minimum absolute atomic E-state index is 0.0322. The molecule has 0 saturated heterocycles. The van der Waals surface area contributed by atoms with Crippen LogP contribution in [0, 0.1) is 17.1 Å².